The van der Waals surface area contributed by atoms with Gasteiger partial charge in [-0.05, 0) is 74.6 Å². The Morgan fingerprint density at radius 1 is 0.886 bits per heavy atom. The third kappa shape index (κ3) is 4.97. The molecule has 2 fully saturated rings. The highest BCUT2D eigenvalue weighted by molar-refractivity contribution is 5.79. The topological polar surface area (TPSA) is 73.1 Å². The summed E-state index contributed by atoms with van der Waals surface area (Å²) in [5.74, 6) is 0.473. The van der Waals surface area contributed by atoms with Crippen LogP contribution in [0.2, 0.25) is 0 Å². The Hall–Kier alpha value is -3.15. The van der Waals surface area contributed by atoms with E-state index in [4.69, 9.17) is 0 Å². The number of amides is 1. The highest BCUT2D eigenvalue weighted by Crippen LogP contribution is 2.30. The monoisotopic (exact) mass is 473 g/mol. The first-order valence-electron chi connectivity index (χ1n) is 13.1. The minimum atomic E-state index is -0.252. The molecule has 2 aromatic carbocycles. The summed E-state index contributed by atoms with van der Waals surface area (Å²) >= 11 is 0. The Morgan fingerprint density at radius 3 is 2.31 bits per heavy atom. The van der Waals surface area contributed by atoms with Crippen LogP contribution in [-0.4, -0.2) is 21.1 Å². The van der Waals surface area contributed by atoms with Crippen LogP contribution in [-0.2, 0) is 17.9 Å². The first-order chi connectivity index (χ1) is 17.0. The van der Waals surface area contributed by atoms with Crippen molar-refractivity contribution in [1.82, 2.24) is 14.5 Å². The lowest BCUT2D eigenvalue weighted by Gasteiger charge is -2.29. The van der Waals surface area contributed by atoms with Crippen molar-refractivity contribution < 1.29 is 4.79 Å². The molecule has 5 rings (SSSR count). The fourth-order valence-corrected chi connectivity index (χ4v) is 5.90. The summed E-state index contributed by atoms with van der Waals surface area (Å²) in [4.78, 5) is 39.7. The predicted molar refractivity (Wildman–Crippen MR) is 139 cm³/mol. The molecule has 1 heterocycles. The summed E-state index contributed by atoms with van der Waals surface area (Å²) in [5.41, 5.74) is 2.40. The van der Waals surface area contributed by atoms with Crippen molar-refractivity contribution >= 4 is 16.8 Å². The van der Waals surface area contributed by atoms with Gasteiger partial charge < -0.3 is 5.32 Å². The van der Waals surface area contributed by atoms with E-state index in [-0.39, 0.29) is 29.0 Å². The molecule has 184 valence electrons. The van der Waals surface area contributed by atoms with Crippen LogP contribution in [0.5, 0.6) is 0 Å². The molecule has 0 unspecified atom stereocenters. The Kier molecular flexibility index (Phi) is 6.89. The lowest BCUT2D eigenvalue weighted by molar-refractivity contribution is -0.126. The molecule has 3 aromatic rings. The minimum absolute atomic E-state index is 0.0536. The summed E-state index contributed by atoms with van der Waals surface area (Å²) in [5, 5.41) is 3.81. The fraction of sp³-hybridized carbons (Fsp3) is 0.483. The number of nitrogens with zero attached hydrogens (tertiary/aromatic N) is 2. The quantitative estimate of drug-likeness (QED) is 0.577. The summed E-state index contributed by atoms with van der Waals surface area (Å²) in [6.45, 7) is 2.88. The predicted octanol–water partition coefficient (Wildman–Crippen LogP) is 4.39. The molecular weight excluding hydrogens is 438 g/mol. The molecule has 0 radical (unpaired) electrons. The number of nitrogens with one attached hydrogen (secondary N) is 1. The van der Waals surface area contributed by atoms with Gasteiger partial charge in [0.25, 0.3) is 5.56 Å². The van der Waals surface area contributed by atoms with Gasteiger partial charge in [-0.2, -0.15) is 0 Å². The number of aromatic nitrogens is 2. The second-order valence-electron chi connectivity index (χ2n) is 10.4. The lowest BCUT2D eigenvalue weighted by atomic mass is 9.81. The number of hydrogen-bond acceptors (Lipinski definition) is 3. The van der Waals surface area contributed by atoms with Crippen molar-refractivity contribution in [2.45, 2.75) is 77.4 Å². The van der Waals surface area contributed by atoms with Crippen LogP contribution in [0, 0.1) is 18.8 Å². The van der Waals surface area contributed by atoms with Gasteiger partial charge in [-0.25, -0.2) is 4.79 Å². The molecule has 1 amide bonds. The summed E-state index contributed by atoms with van der Waals surface area (Å²) in [7, 11) is 0. The summed E-state index contributed by atoms with van der Waals surface area (Å²) < 4.78 is 3.17. The first-order valence-corrected chi connectivity index (χ1v) is 13.1. The van der Waals surface area contributed by atoms with Gasteiger partial charge >= 0.3 is 5.69 Å². The van der Waals surface area contributed by atoms with E-state index in [1.165, 1.54) is 17.4 Å². The van der Waals surface area contributed by atoms with E-state index >= 15 is 0 Å². The van der Waals surface area contributed by atoms with Crippen molar-refractivity contribution in [2.24, 2.45) is 11.8 Å². The molecule has 1 N–H and O–H groups in total. The fourth-order valence-electron chi connectivity index (χ4n) is 5.90. The largest absolute Gasteiger partial charge is 0.353 e. The van der Waals surface area contributed by atoms with Crippen molar-refractivity contribution in [3.05, 3.63) is 80.5 Å². The maximum Gasteiger partial charge on any atom is 0.331 e. The van der Waals surface area contributed by atoms with Gasteiger partial charge in [0.2, 0.25) is 5.91 Å². The molecule has 0 bridgehead atoms. The van der Waals surface area contributed by atoms with E-state index in [1.54, 1.807) is 4.57 Å². The average Bonchev–Trinajstić information content (AvgIpc) is 3.39. The second kappa shape index (κ2) is 10.2. The van der Waals surface area contributed by atoms with E-state index in [2.05, 4.69) is 5.32 Å². The van der Waals surface area contributed by atoms with Crippen LogP contribution < -0.4 is 16.6 Å². The van der Waals surface area contributed by atoms with E-state index in [1.807, 2.05) is 55.5 Å². The maximum atomic E-state index is 13.6. The number of rotatable bonds is 6. The van der Waals surface area contributed by atoms with Crippen molar-refractivity contribution in [2.75, 3.05) is 0 Å². The molecule has 2 aliphatic rings. The van der Waals surface area contributed by atoms with Crippen LogP contribution in [0.4, 0.5) is 0 Å². The number of hydrogen-bond donors (Lipinski definition) is 1. The highest BCUT2D eigenvalue weighted by Gasteiger charge is 2.29. The number of carbonyl (C=O) groups excluding carboxylic acids is 1. The van der Waals surface area contributed by atoms with Crippen LogP contribution in [0.25, 0.3) is 10.9 Å². The number of para-hydroxylation sites is 1. The van der Waals surface area contributed by atoms with Crippen molar-refractivity contribution in [3.8, 4) is 0 Å². The molecule has 2 aliphatic carbocycles. The lowest BCUT2D eigenvalue weighted by Crippen LogP contribution is -2.43. The van der Waals surface area contributed by atoms with Crippen LogP contribution in [0.15, 0.2) is 58.1 Å². The molecule has 35 heavy (non-hydrogen) atoms. The molecule has 0 spiro atoms. The Morgan fingerprint density at radius 2 is 1.57 bits per heavy atom. The zero-order valence-corrected chi connectivity index (χ0v) is 20.5. The van der Waals surface area contributed by atoms with Gasteiger partial charge in [0.1, 0.15) is 0 Å². The van der Waals surface area contributed by atoms with Gasteiger partial charge in [0, 0.05) is 18.5 Å². The van der Waals surface area contributed by atoms with Gasteiger partial charge in [-0.1, -0.05) is 49.2 Å². The van der Waals surface area contributed by atoms with E-state index in [9.17, 15) is 14.4 Å². The molecule has 1 aromatic heterocycles. The molecule has 0 saturated heterocycles. The SMILES string of the molecule is Cc1ccccc1Cn1c(=O)n(CC2CCC(C(=O)NC3CCCC3)CC2)c(=O)c2ccccc21. The van der Waals surface area contributed by atoms with Crippen LogP contribution in [0.3, 0.4) is 0 Å². The highest BCUT2D eigenvalue weighted by atomic mass is 16.2. The zero-order valence-electron chi connectivity index (χ0n) is 20.5. The van der Waals surface area contributed by atoms with E-state index in [0.29, 0.717) is 30.0 Å². The molecule has 6 heteroatoms. The minimum Gasteiger partial charge on any atom is -0.353 e. The van der Waals surface area contributed by atoms with Crippen molar-refractivity contribution in [1.29, 1.82) is 0 Å². The standard InChI is InChI=1S/C29H35N3O3/c1-20-8-2-3-9-23(20)19-31-26-13-7-6-12-25(26)28(34)32(29(31)35)18-21-14-16-22(17-15-21)27(33)30-24-10-4-5-11-24/h2-3,6-9,12-13,21-22,24H,4-5,10-11,14-19H2,1H3,(H,30,33). The normalized spacial score (nSPS) is 20.8. The third-order valence-corrected chi connectivity index (χ3v) is 8.08. The molecule has 6 nitrogen and oxygen atoms in total. The molecule has 2 saturated carbocycles. The van der Waals surface area contributed by atoms with Gasteiger partial charge in [0.05, 0.1) is 17.4 Å². The molecular formula is C29H35N3O3. The Balaban J connectivity index is 1.36. The van der Waals surface area contributed by atoms with Gasteiger partial charge in [-0.3, -0.25) is 18.7 Å². The number of carbonyl (C=O) groups is 1. The zero-order chi connectivity index (χ0) is 24.4. The smallest absolute Gasteiger partial charge is 0.331 e. The number of aryl methyl sites for hydroxylation is 1. The van der Waals surface area contributed by atoms with Gasteiger partial charge in [0.15, 0.2) is 0 Å². The number of benzene rings is 2. The molecule has 0 atom stereocenters. The van der Waals surface area contributed by atoms with Gasteiger partial charge in [-0.15, -0.1) is 0 Å². The average molecular weight is 474 g/mol. The number of fused-ring (bicyclic) bond motifs is 1. The summed E-state index contributed by atoms with van der Waals surface area (Å²) in [6, 6.07) is 15.8. The van der Waals surface area contributed by atoms with Crippen molar-refractivity contribution in [3.63, 3.8) is 0 Å². The molecule has 0 aliphatic heterocycles. The van der Waals surface area contributed by atoms with Crippen LogP contribution in [0.1, 0.15) is 62.5 Å². The second-order valence-corrected chi connectivity index (χ2v) is 10.4. The van der Waals surface area contributed by atoms with E-state index < -0.39 is 0 Å². The maximum absolute atomic E-state index is 13.6. The summed E-state index contributed by atoms with van der Waals surface area (Å²) in [6.07, 6.45) is 7.98. The Labute approximate surface area is 206 Å². The third-order valence-electron chi connectivity index (χ3n) is 8.08. The Bertz CT molecular complexity index is 1320. The first kappa shape index (κ1) is 23.6. The van der Waals surface area contributed by atoms with Crippen LogP contribution >= 0.6 is 0 Å². The van der Waals surface area contributed by atoms with E-state index in [0.717, 1.165) is 49.7 Å².